The summed E-state index contributed by atoms with van der Waals surface area (Å²) in [6.07, 6.45) is -2.65. The summed E-state index contributed by atoms with van der Waals surface area (Å²) in [5.41, 5.74) is -3.00. The number of esters is 1. The zero-order valence-electron chi connectivity index (χ0n) is 17.0. The fourth-order valence-electron chi connectivity index (χ4n) is 2.88. The highest BCUT2D eigenvalue weighted by atomic mass is 16.6. The average Bonchev–Trinajstić information content (AvgIpc) is 2.97. The van der Waals surface area contributed by atoms with Gasteiger partial charge in [0, 0.05) is 12.8 Å². The van der Waals surface area contributed by atoms with E-state index >= 15 is 0 Å². The van der Waals surface area contributed by atoms with Crippen molar-refractivity contribution in [1.82, 2.24) is 10.2 Å². The molecule has 1 heterocycles. The number of benzene rings is 1. The minimum Gasteiger partial charge on any atom is -0.478 e. The van der Waals surface area contributed by atoms with Crippen molar-refractivity contribution in [2.45, 2.75) is 57.9 Å². The number of nitrogens with zero attached hydrogens (tertiary/aromatic N) is 1. The minimum atomic E-state index is -2.67. The van der Waals surface area contributed by atoms with Crippen LogP contribution < -0.4 is 5.32 Å². The number of rotatable bonds is 7. The van der Waals surface area contributed by atoms with Crippen LogP contribution in [0.3, 0.4) is 0 Å². The van der Waals surface area contributed by atoms with Gasteiger partial charge in [-0.2, -0.15) is 0 Å². The molecule has 0 bridgehead atoms. The molecular formula is C20H24N2O8. The molecule has 1 saturated heterocycles. The molecule has 0 unspecified atom stereocenters. The molecule has 0 spiro atoms. The van der Waals surface area contributed by atoms with Gasteiger partial charge in [-0.15, -0.1) is 0 Å². The van der Waals surface area contributed by atoms with Gasteiger partial charge < -0.3 is 14.6 Å². The summed E-state index contributed by atoms with van der Waals surface area (Å²) in [6.45, 7) is 4.50. The molecule has 30 heavy (non-hydrogen) atoms. The van der Waals surface area contributed by atoms with Crippen LogP contribution >= 0.6 is 0 Å². The number of hydrogen-bond donors (Lipinski definition) is 2. The Bertz CT molecular complexity index is 830. The summed E-state index contributed by atoms with van der Waals surface area (Å²) in [5.74, 6) is -4.44. The molecular weight excluding hydrogens is 396 g/mol. The first kappa shape index (κ1) is 22.9. The maximum atomic E-state index is 12.4. The van der Waals surface area contributed by atoms with Crippen LogP contribution in [0.2, 0.25) is 0 Å². The number of carbonyl (C=O) groups excluding carboxylic acids is 4. The molecule has 3 amide bonds. The Morgan fingerprint density at radius 1 is 1.07 bits per heavy atom. The molecule has 0 aromatic heterocycles. The normalized spacial score (nSPS) is 16.0. The monoisotopic (exact) mass is 420 g/mol. The van der Waals surface area contributed by atoms with Gasteiger partial charge in [0.15, 0.2) is 0 Å². The summed E-state index contributed by atoms with van der Waals surface area (Å²) in [6, 6.07) is 8.64. The van der Waals surface area contributed by atoms with E-state index in [4.69, 9.17) is 9.47 Å². The maximum absolute atomic E-state index is 12.4. The lowest BCUT2D eigenvalue weighted by Crippen LogP contribution is -2.68. The van der Waals surface area contributed by atoms with Crippen LogP contribution in [0.4, 0.5) is 4.79 Å². The second kappa shape index (κ2) is 8.93. The molecule has 10 heteroatoms. The third-order valence-corrected chi connectivity index (χ3v) is 4.14. The fraction of sp³-hybridized carbons (Fsp3) is 0.450. The molecule has 1 aliphatic rings. The van der Waals surface area contributed by atoms with E-state index in [1.165, 1.54) is 0 Å². The summed E-state index contributed by atoms with van der Waals surface area (Å²) >= 11 is 0. The smallest absolute Gasteiger partial charge is 0.409 e. The molecule has 1 aliphatic heterocycles. The van der Waals surface area contributed by atoms with Crippen molar-refractivity contribution < 1.29 is 38.6 Å². The van der Waals surface area contributed by atoms with Gasteiger partial charge in [0.05, 0.1) is 6.42 Å². The average molecular weight is 420 g/mol. The number of aliphatic carboxylic acids is 1. The minimum absolute atomic E-state index is 0.149. The molecule has 1 atom stereocenters. The number of carboxylic acids is 1. The van der Waals surface area contributed by atoms with Crippen LogP contribution in [0, 0.1) is 0 Å². The number of hydrogen-bond acceptors (Lipinski definition) is 7. The topological polar surface area (TPSA) is 139 Å². The largest absolute Gasteiger partial charge is 0.478 e. The van der Waals surface area contributed by atoms with E-state index in [0.29, 0.717) is 10.5 Å². The summed E-state index contributed by atoms with van der Waals surface area (Å²) in [7, 11) is 0. The van der Waals surface area contributed by atoms with Crippen LogP contribution in [0.5, 0.6) is 0 Å². The van der Waals surface area contributed by atoms with Crippen molar-refractivity contribution in [1.29, 1.82) is 0 Å². The number of amides is 3. The maximum Gasteiger partial charge on any atom is 0.409 e. The van der Waals surface area contributed by atoms with E-state index < -0.39 is 47.5 Å². The molecule has 0 aliphatic carbocycles. The number of nitrogens with one attached hydrogen (secondary N) is 1. The molecule has 2 N–H and O–H groups in total. The summed E-state index contributed by atoms with van der Waals surface area (Å²) < 4.78 is 10.2. The Hall–Kier alpha value is -3.43. The Balaban J connectivity index is 2.29. The first-order valence-electron chi connectivity index (χ1n) is 9.24. The predicted molar refractivity (Wildman–Crippen MR) is 102 cm³/mol. The van der Waals surface area contributed by atoms with Crippen LogP contribution in [0.25, 0.3) is 0 Å². The second-order valence-corrected chi connectivity index (χ2v) is 7.74. The van der Waals surface area contributed by atoms with Crippen molar-refractivity contribution in [2.24, 2.45) is 0 Å². The zero-order valence-corrected chi connectivity index (χ0v) is 17.0. The lowest BCUT2D eigenvalue weighted by atomic mass is 10.0. The lowest BCUT2D eigenvalue weighted by Gasteiger charge is -2.36. The zero-order chi connectivity index (χ0) is 22.5. The van der Waals surface area contributed by atoms with E-state index in [2.05, 4.69) is 0 Å². The third-order valence-electron chi connectivity index (χ3n) is 4.14. The van der Waals surface area contributed by atoms with Gasteiger partial charge in [-0.05, 0) is 26.3 Å². The lowest BCUT2D eigenvalue weighted by molar-refractivity contribution is -0.170. The number of imide groups is 1. The highest BCUT2D eigenvalue weighted by molar-refractivity contribution is 6.07. The third kappa shape index (κ3) is 5.56. The molecule has 0 saturated carbocycles. The molecule has 2 rings (SSSR count). The molecule has 10 nitrogen and oxygen atoms in total. The molecule has 162 valence electrons. The summed E-state index contributed by atoms with van der Waals surface area (Å²) in [4.78, 5) is 61.9. The Kier molecular flexibility index (Phi) is 6.81. The van der Waals surface area contributed by atoms with E-state index in [1.807, 2.05) is 5.32 Å². The highest BCUT2D eigenvalue weighted by Gasteiger charge is 2.55. The molecule has 1 aromatic carbocycles. The van der Waals surface area contributed by atoms with Gasteiger partial charge in [0.1, 0.15) is 12.2 Å². The number of ether oxygens (including phenoxy) is 2. The number of carboxylic acid groups (broad SMARTS) is 1. The van der Waals surface area contributed by atoms with E-state index in [9.17, 15) is 29.1 Å². The second-order valence-electron chi connectivity index (χ2n) is 7.74. The van der Waals surface area contributed by atoms with Crippen LogP contribution in [0.1, 0.15) is 45.6 Å². The Morgan fingerprint density at radius 2 is 1.63 bits per heavy atom. The SMILES string of the molecule is CC(C)(C)OC(=O)N[C@@](CC(=O)OCc1ccccc1)(C(=O)O)N1C(=O)CCC1=O. The van der Waals surface area contributed by atoms with Gasteiger partial charge in [0.25, 0.3) is 0 Å². The quantitative estimate of drug-likeness (QED) is 0.501. The summed E-state index contributed by atoms with van der Waals surface area (Å²) in [5, 5.41) is 11.9. The van der Waals surface area contributed by atoms with E-state index in [-0.39, 0.29) is 19.4 Å². The predicted octanol–water partition coefficient (Wildman–Crippen LogP) is 1.57. The first-order chi connectivity index (χ1) is 13.9. The van der Waals surface area contributed by atoms with E-state index in [0.717, 1.165) is 0 Å². The van der Waals surface area contributed by atoms with Crippen molar-refractivity contribution in [2.75, 3.05) is 0 Å². The number of alkyl carbamates (subject to hydrolysis) is 1. The Labute approximate surface area is 173 Å². The first-order valence-corrected chi connectivity index (χ1v) is 9.24. The molecule has 0 radical (unpaired) electrons. The van der Waals surface area contributed by atoms with Gasteiger partial charge in [-0.1, -0.05) is 30.3 Å². The van der Waals surface area contributed by atoms with Gasteiger partial charge >= 0.3 is 18.0 Å². The highest BCUT2D eigenvalue weighted by Crippen LogP contribution is 2.27. The van der Waals surface area contributed by atoms with Crippen molar-refractivity contribution in [3.63, 3.8) is 0 Å². The molecule has 1 aromatic rings. The fourth-order valence-corrected chi connectivity index (χ4v) is 2.88. The van der Waals surface area contributed by atoms with Crippen LogP contribution in [-0.4, -0.2) is 51.1 Å². The van der Waals surface area contributed by atoms with Crippen molar-refractivity contribution in [3.05, 3.63) is 35.9 Å². The Morgan fingerprint density at radius 3 is 2.13 bits per heavy atom. The van der Waals surface area contributed by atoms with Crippen molar-refractivity contribution >= 4 is 29.8 Å². The van der Waals surface area contributed by atoms with Gasteiger partial charge in [-0.3, -0.25) is 19.7 Å². The number of carbonyl (C=O) groups is 5. The standard InChI is InChI=1S/C20H24N2O8/c1-19(2,3)30-18(28)21-20(17(26)27,22-14(23)9-10-15(22)24)11-16(25)29-12-13-7-5-4-6-8-13/h4-8H,9-12H2,1-3H3,(H,21,28)(H,26,27)/t20-/m1/s1. The van der Waals surface area contributed by atoms with Gasteiger partial charge in [-0.25, -0.2) is 14.5 Å². The van der Waals surface area contributed by atoms with Crippen molar-refractivity contribution in [3.8, 4) is 0 Å². The number of likely N-dealkylation sites (tertiary alicyclic amines) is 1. The van der Waals surface area contributed by atoms with Crippen LogP contribution in [0.15, 0.2) is 30.3 Å². The van der Waals surface area contributed by atoms with E-state index in [1.54, 1.807) is 51.1 Å². The molecule has 1 fully saturated rings. The van der Waals surface area contributed by atoms with Crippen LogP contribution in [-0.2, 0) is 35.3 Å². The van der Waals surface area contributed by atoms with Gasteiger partial charge in [0.2, 0.25) is 17.5 Å².